The molecule has 1 aliphatic heterocycles. The molecular formula is C13H23N3. The summed E-state index contributed by atoms with van der Waals surface area (Å²) in [5.41, 5.74) is 4.27. The largest absolute Gasteiger partial charge is 0.317 e. The van der Waals surface area contributed by atoms with Gasteiger partial charge in [-0.3, -0.25) is 4.68 Å². The molecule has 90 valence electrons. The second kappa shape index (κ2) is 5.00. The molecular weight excluding hydrogens is 198 g/mol. The van der Waals surface area contributed by atoms with E-state index in [2.05, 4.69) is 30.8 Å². The number of piperidine rings is 1. The molecule has 0 aliphatic carbocycles. The third-order valence-corrected chi connectivity index (χ3v) is 3.71. The Kier molecular flexibility index (Phi) is 3.64. The molecule has 0 amide bonds. The molecule has 0 spiro atoms. The Balaban J connectivity index is 2.32. The Hall–Kier alpha value is -0.830. The number of hydrogen-bond acceptors (Lipinski definition) is 2. The number of aryl methyl sites for hydroxylation is 2. The predicted octanol–water partition coefficient (Wildman–Crippen LogP) is 2.24. The normalized spacial score (nSPS) is 17.9. The van der Waals surface area contributed by atoms with Crippen molar-refractivity contribution in [1.82, 2.24) is 15.1 Å². The summed E-state index contributed by atoms with van der Waals surface area (Å²) in [6.45, 7) is 9.92. The summed E-state index contributed by atoms with van der Waals surface area (Å²) in [6, 6.07) is 0. The molecule has 2 heterocycles. The van der Waals surface area contributed by atoms with E-state index in [1.54, 1.807) is 5.56 Å². The van der Waals surface area contributed by atoms with Gasteiger partial charge in [-0.2, -0.15) is 5.10 Å². The molecule has 3 heteroatoms. The molecule has 0 bridgehead atoms. The molecule has 1 saturated heterocycles. The van der Waals surface area contributed by atoms with Crippen molar-refractivity contribution in [3.05, 3.63) is 17.0 Å². The number of nitrogens with zero attached hydrogens (tertiary/aromatic N) is 2. The fourth-order valence-corrected chi connectivity index (χ4v) is 2.83. The summed E-state index contributed by atoms with van der Waals surface area (Å²) in [6.07, 6.45) is 3.60. The van der Waals surface area contributed by atoms with Crippen LogP contribution in [0.25, 0.3) is 0 Å². The first kappa shape index (κ1) is 11.6. The summed E-state index contributed by atoms with van der Waals surface area (Å²) >= 11 is 0. The van der Waals surface area contributed by atoms with Gasteiger partial charge in [0.2, 0.25) is 0 Å². The predicted molar refractivity (Wildman–Crippen MR) is 66.9 cm³/mol. The van der Waals surface area contributed by atoms with Crippen LogP contribution in [0.2, 0.25) is 0 Å². The van der Waals surface area contributed by atoms with Gasteiger partial charge in [0.15, 0.2) is 0 Å². The van der Waals surface area contributed by atoms with E-state index in [1.807, 2.05) is 0 Å². The van der Waals surface area contributed by atoms with E-state index in [1.165, 1.54) is 24.2 Å². The van der Waals surface area contributed by atoms with Crippen molar-refractivity contribution in [1.29, 1.82) is 0 Å². The topological polar surface area (TPSA) is 29.9 Å². The van der Waals surface area contributed by atoms with Gasteiger partial charge in [0.25, 0.3) is 0 Å². The molecule has 2 rings (SSSR count). The Morgan fingerprint density at radius 3 is 2.56 bits per heavy atom. The first-order valence-corrected chi connectivity index (χ1v) is 6.54. The number of nitrogens with one attached hydrogen (secondary N) is 1. The van der Waals surface area contributed by atoms with Crippen molar-refractivity contribution in [2.75, 3.05) is 13.1 Å². The SMILES string of the molecule is CCc1nn(CC)c(C)c1C1CCNCC1. The van der Waals surface area contributed by atoms with Gasteiger partial charge in [-0.05, 0) is 57.7 Å². The van der Waals surface area contributed by atoms with Gasteiger partial charge < -0.3 is 5.32 Å². The highest BCUT2D eigenvalue weighted by atomic mass is 15.3. The van der Waals surface area contributed by atoms with Gasteiger partial charge in [0.1, 0.15) is 0 Å². The van der Waals surface area contributed by atoms with Crippen LogP contribution in [0.5, 0.6) is 0 Å². The first-order chi connectivity index (χ1) is 7.77. The highest BCUT2D eigenvalue weighted by Crippen LogP contribution is 2.30. The van der Waals surface area contributed by atoms with Gasteiger partial charge in [-0.1, -0.05) is 6.92 Å². The molecule has 0 radical (unpaired) electrons. The lowest BCUT2D eigenvalue weighted by Gasteiger charge is -2.23. The highest BCUT2D eigenvalue weighted by molar-refractivity contribution is 5.30. The Morgan fingerprint density at radius 1 is 1.31 bits per heavy atom. The minimum Gasteiger partial charge on any atom is -0.317 e. The van der Waals surface area contributed by atoms with Crippen LogP contribution in [-0.2, 0) is 13.0 Å². The maximum atomic E-state index is 4.72. The fraction of sp³-hybridized carbons (Fsp3) is 0.769. The number of aromatic nitrogens is 2. The smallest absolute Gasteiger partial charge is 0.0659 e. The number of rotatable bonds is 3. The monoisotopic (exact) mass is 221 g/mol. The molecule has 1 fully saturated rings. The number of hydrogen-bond donors (Lipinski definition) is 1. The zero-order valence-electron chi connectivity index (χ0n) is 10.7. The lowest BCUT2D eigenvalue weighted by Crippen LogP contribution is -2.27. The molecule has 1 aliphatic rings. The van der Waals surface area contributed by atoms with E-state index >= 15 is 0 Å². The van der Waals surface area contributed by atoms with Crippen molar-refractivity contribution in [3.8, 4) is 0 Å². The van der Waals surface area contributed by atoms with E-state index in [4.69, 9.17) is 5.10 Å². The third-order valence-electron chi connectivity index (χ3n) is 3.71. The van der Waals surface area contributed by atoms with Gasteiger partial charge in [0, 0.05) is 12.2 Å². The van der Waals surface area contributed by atoms with Crippen molar-refractivity contribution < 1.29 is 0 Å². The van der Waals surface area contributed by atoms with Crippen molar-refractivity contribution in [2.45, 2.75) is 52.5 Å². The van der Waals surface area contributed by atoms with E-state index < -0.39 is 0 Å². The average molecular weight is 221 g/mol. The van der Waals surface area contributed by atoms with Gasteiger partial charge in [0.05, 0.1) is 5.69 Å². The zero-order valence-corrected chi connectivity index (χ0v) is 10.7. The Morgan fingerprint density at radius 2 is 2.00 bits per heavy atom. The second-order valence-corrected chi connectivity index (χ2v) is 4.64. The second-order valence-electron chi connectivity index (χ2n) is 4.64. The first-order valence-electron chi connectivity index (χ1n) is 6.54. The van der Waals surface area contributed by atoms with E-state index in [9.17, 15) is 0 Å². The fourth-order valence-electron chi connectivity index (χ4n) is 2.83. The summed E-state index contributed by atoms with van der Waals surface area (Å²) < 4.78 is 2.16. The summed E-state index contributed by atoms with van der Waals surface area (Å²) in [7, 11) is 0. The maximum Gasteiger partial charge on any atom is 0.0659 e. The maximum absolute atomic E-state index is 4.72. The molecule has 1 aromatic heterocycles. The molecule has 0 unspecified atom stereocenters. The van der Waals surface area contributed by atoms with Crippen LogP contribution >= 0.6 is 0 Å². The Labute approximate surface area is 98.2 Å². The quantitative estimate of drug-likeness (QED) is 0.848. The molecule has 3 nitrogen and oxygen atoms in total. The van der Waals surface area contributed by atoms with Gasteiger partial charge in [-0.15, -0.1) is 0 Å². The molecule has 16 heavy (non-hydrogen) atoms. The molecule has 0 saturated carbocycles. The molecule has 1 aromatic rings. The van der Waals surface area contributed by atoms with Crippen LogP contribution < -0.4 is 5.32 Å². The minimum atomic E-state index is 0.733. The van der Waals surface area contributed by atoms with Gasteiger partial charge >= 0.3 is 0 Å². The van der Waals surface area contributed by atoms with E-state index in [0.717, 1.165) is 32.0 Å². The van der Waals surface area contributed by atoms with E-state index in [0.29, 0.717) is 0 Å². The molecule has 0 aromatic carbocycles. The highest BCUT2D eigenvalue weighted by Gasteiger charge is 2.23. The summed E-state index contributed by atoms with van der Waals surface area (Å²) in [5, 5.41) is 8.15. The van der Waals surface area contributed by atoms with Crippen LogP contribution in [0.15, 0.2) is 0 Å². The van der Waals surface area contributed by atoms with Crippen molar-refractivity contribution in [2.24, 2.45) is 0 Å². The van der Waals surface area contributed by atoms with E-state index in [-0.39, 0.29) is 0 Å². The van der Waals surface area contributed by atoms with Crippen LogP contribution in [0.4, 0.5) is 0 Å². The molecule has 0 atom stereocenters. The van der Waals surface area contributed by atoms with Crippen LogP contribution in [0.1, 0.15) is 49.6 Å². The van der Waals surface area contributed by atoms with Crippen molar-refractivity contribution >= 4 is 0 Å². The standard InChI is InChI=1S/C13H23N3/c1-4-12-13(10(3)16(5-2)15-12)11-6-8-14-9-7-11/h11,14H,4-9H2,1-3H3. The third kappa shape index (κ3) is 2.01. The lowest BCUT2D eigenvalue weighted by molar-refractivity contribution is 0.456. The summed E-state index contributed by atoms with van der Waals surface area (Å²) in [4.78, 5) is 0. The van der Waals surface area contributed by atoms with Crippen LogP contribution in [0.3, 0.4) is 0 Å². The summed E-state index contributed by atoms with van der Waals surface area (Å²) in [5.74, 6) is 0.733. The van der Waals surface area contributed by atoms with Crippen LogP contribution in [-0.4, -0.2) is 22.9 Å². The Bertz CT molecular complexity index is 348. The zero-order chi connectivity index (χ0) is 11.5. The van der Waals surface area contributed by atoms with Crippen molar-refractivity contribution in [3.63, 3.8) is 0 Å². The lowest BCUT2D eigenvalue weighted by atomic mass is 9.88. The van der Waals surface area contributed by atoms with Crippen LogP contribution in [0, 0.1) is 6.92 Å². The molecule has 1 N–H and O–H groups in total. The minimum absolute atomic E-state index is 0.733. The average Bonchev–Trinajstić information content (AvgIpc) is 2.66. The van der Waals surface area contributed by atoms with Gasteiger partial charge in [-0.25, -0.2) is 0 Å².